The van der Waals surface area contributed by atoms with E-state index in [0.717, 1.165) is 18.4 Å². The normalized spacial score (nSPS) is 27.6. The highest BCUT2D eigenvalue weighted by molar-refractivity contribution is 5.98. The maximum absolute atomic E-state index is 14.4. The summed E-state index contributed by atoms with van der Waals surface area (Å²) in [4.78, 5) is 44.6. The fourth-order valence-electron chi connectivity index (χ4n) is 6.59. The van der Waals surface area contributed by atoms with E-state index in [1.807, 2.05) is 30.3 Å². The first-order valence-electron chi connectivity index (χ1n) is 13.9. The minimum atomic E-state index is -1.18. The summed E-state index contributed by atoms with van der Waals surface area (Å²) >= 11 is 0. The monoisotopic (exact) mass is 551 g/mol. The molecule has 1 N–H and O–H groups in total. The minimum Gasteiger partial charge on any atom is -0.465 e. The van der Waals surface area contributed by atoms with E-state index >= 15 is 0 Å². The van der Waals surface area contributed by atoms with Crippen LogP contribution in [0.3, 0.4) is 0 Å². The molecule has 2 unspecified atom stereocenters. The molecular formula is C29H37N5O6. The molecule has 11 heteroatoms. The number of esters is 1. The summed E-state index contributed by atoms with van der Waals surface area (Å²) in [6.07, 6.45) is 6.32. The smallest absolute Gasteiger partial charge is 0.312 e. The molecule has 0 aliphatic carbocycles. The number of allylic oxidation sites excluding steroid dienone is 1. The Kier molecular flexibility index (Phi) is 8.04. The molecule has 3 aliphatic heterocycles. The van der Waals surface area contributed by atoms with Gasteiger partial charge in [0.2, 0.25) is 11.8 Å². The fraction of sp³-hybridized carbons (Fsp3) is 0.552. The van der Waals surface area contributed by atoms with Crippen LogP contribution in [0.5, 0.6) is 0 Å². The summed E-state index contributed by atoms with van der Waals surface area (Å²) in [5, 5.41) is 18.5. The molecule has 11 nitrogen and oxygen atoms in total. The van der Waals surface area contributed by atoms with Crippen LogP contribution in [0, 0.1) is 11.8 Å². The average Bonchev–Trinajstić information content (AvgIpc) is 3.71. The van der Waals surface area contributed by atoms with Gasteiger partial charge in [-0.15, -0.1) is 18.3 Å². The van der Waals surface area contributed by atoms with Gasteiger partial charge in [0, 0.05) is 6.54 Å². The number of para-hydroxylation sites is 1. The summed E-state index contributed by atoms with van der Waals surface area (Å²) in [5.41, 5.74) is 0.276. The molecule has 2 bridgehead atoms. The third kappa shape index (κ3) is 4.60. The summed E-state index contributed by atoms with van der Waals surface area (Å²) in [5.74, 6) is -2.83. The molecule has 3 aliphatic rings. The van der Waals surface area contributed by atoms with Crippen molar-refractivity contribution in [1.82, 2.24) is 24.8 Å². The number of carbonyl (C=O) groups is 3. The molecule has 0 radical (unpaired) electrons. The number of nitrogens with zero attached hydrogens (tertiary/aromatic N) is 5. The molecule has 6 atom stereocenters. The second kappa shape index (κ2) is 11.5. The van der Waals surface area contributed by atoms with Crippen LogP contribution in [0.15, 0.2) is 49.6 Å². The summed E-state index contributed by atoms with van der Waals surface area (Å²) in [6, 6.07) is 5.77. The van der Waals surface area contributed by atoms with Crippen LogP contribution >= 0.6 is 0 Å². The highest BCUT2D eigenvalue weighted by Gasteiger charge is 2.75. The van der Waals surface area contributed by atoms with Gasteiger partial charge in [0.25, 0.3) is 0 Å². The van der Waals surface area contributed by atoms with Crippen molar-refractivity contribution in [1.29, 1.82) is 0 Å². The number of fused-ring (bicyclic) bond motifs is 2. The quantitative estimate of drug-likeness (QED) is 0.228. The number of amides is 2. The lowest BCUT2D eigenvalue weighted by Gasteiger charge is -2.38. The molecule has 3 fully saturated rings. The predicted molar refractivity (Wildman–Crippen MR) is 145 cm³/mol. The Morgan fingerprint density at radius 1 is 1.30 bits per heavy atom. The number of likely N-dealkylation sites (tertiary alicyclic amines) is 1. The number of unbranched alkanes of at least 4 members (excludes halogenated alkanes) is 2. The molecule has 3 saturated heterocycles. The van der Waals surface area contributed by atoms with E-state index < -0.39 is 41.6 Å². The lowest BCUT2D eigenvalue weighted by molar-refractivity contribution is -0.156. The van der Waals surface area contributed by atoms with Crippen LogP contribution in [0.1, 0.15) is 39.0 Å². The second-order valence-corrected chi connectivity index (χ2v) is 10.9. The van der Waals surface area contributed by atoms with E-state index in [0.29, 0.717) is 24.8 Å². The van der Waals surface area contributed by atoms with Gasteiger partial charge in [0.05, 0.1) is 42.7 Å². The van der Waals surface area contributed by atoms with E-state index in [4.69, 9.17) is 9.47 Å². The van der Waals surface area contributed by atoms with Crippen molar-refractivity contribution in [2.24, 2.45) is 11.8 Å². The minimum absolute atomic E-state index is 0.0811. The highest BCUT2D eigenvalue weighted by Crippen LogP contribution is 2.59. The van der Waals surface area contributed by atoms with E-state index in [-0.39, 0.29) is 38.2 Å². The number of rotatable bonds is 13. The molecule has 2 aromatic rings. The number of ether oxygens (including phenoxy) is 2. The van der Waals surface area contributed by atoms with Gasteiger partial charge in [0.15, 0.2) is 0 Å². The number of carbonyl (C=O) groups excluding carboxylic acids is 3. The van der Waals surface area contributed by atoms with Crippen LogP contribution in [-0.2, 0) is 30.5 Å². The number of aliphatic hydroxyl groups excluding tert-OH is 1. The molecule has 1 aromatic heterocycles. The standard InChI is InChI=1S/C29H37N5O6/c1-4-6-7-10-16-39-28(38)23-22-13-14-29(40-22)24(23)26(36)34(19(3)17-35)25(29)27(37)32(15-5-2)18-33-21-12-9-8-11-20(21)30-31-33/h4-5,8-9,11-12,19,22-25,35H,1-2,6-7,10,13-18H2,3H3/t19-,22-,23+,24+,25?,29?/m1/s1. The predicted octanol–water partition coefficient (Wildman–Crippen LogP) is 2.06. The van der Waals surface area contributed by atoms with Gasteiger partial charge >= 0.3 is 5.97 Å². The third-order valence-corrected chi connectivity index (χ3v) is 8.42. The van der Waals surface area contributed by atoms with Crippen molar-refractivity contribution in [2.75, 3.05) is 19.8 Å². The maximum Gasteiger partial charge on any atom is 0.312 e. The van der Waals surface area contributed by atoms with Crippen molar-refractivity contribution in [2.45, 2.75) is 69.5 Å². The summed E-state index contributed by atoms with van der Waals surface area (Å²) < 4.78 is 13.7. The average molecular weight is 552 g/mol. The van der Waals surface area contributed by atoms with Crippen LogP contribution < -0.4 is 0 Å². The largest absolute Gasteiger partial charge is 0.465 e. The van der Waals surface area contributed by atoms with E-state index in [1.165, 1.54) is 4.90 Å². The zero-order valence-electron chi connectivity index (χ0n) is 22.9. The van der Waals surface area contributed by atoms with E-state index in [2.05, 4.69) is 23.5 Å². The van der Waals surface area contributed by atoms with E-state index in [1.54, 1.807) is 22.6 Å². The Balaban J connectivity index is 1.44. The Morgan fingerprint density at radius 2 is 2.10 bits per heavy atom. The van der Waals surface area contributed by atoms with E-state index in [9.17, 15) is 19.5 Å². The number of aliphatic hydroxyl groups is 1. The van der Waals surface area contributed by atoms with Gasteiger partial charge in [-0.1, -0.05) is 29.5 Å². The van der Waals surface area contributed by atoms with Gasteiger partial charge in [-0.05, 0) is 51.2 Å². The fourth-order valence-corrected chi connectivity index (χ4v) is 6.59. The summed E-state index contributed by atoms with van der Waals surface area (Å²) in [6.45, 7) is 9.41. The van der Waals surface area contributed by atoms with Gasteiger partial charge in [-0.2, -0.15) is 0 Å². The molecule has 1 spiro atoms. The molecule has 4 heterocycles. The van der Waals surface area contributed by atoms with Gasteiger partial charge in [-0.3, -0.25) is 14.4 Å². The first kappa shape index (κ1) is 28.0. The molecule has 40 heavy (non-hydrogen) atoms. The SMILES string of the molecule is C=CCCCCOC(=O)[C@@H]1[C@H]2C(=O)N([C@H](C)CO)C(C(=O)N(CC=C)Cn3nnc4ccccc43)C23CC[C@H]1O3. The van der Waals surface area contributed by atoms with Gasteiger partial charge < -0.3 is 24.4 Å². The van der Waals surface area contributed by atoms with Crippen molar-refractivity contribution in [3.8, 4) is 0 Å². The van der Waals surface area contributed by atoms with Gasteiger partial charge in [-0.25, -0.2) is 4.68 Å². The first-order valence-corrected chi connectivity index (χ1v) is 13.9. The first-order chi connectivity index (χ1) is 19.4. The van der Waals surface area contributed by atoms with Gasteiger partial charge in [0.1, 0.15) is 23.8 Å². The number of hydrogen-bond acceptors (Lipinski definition) is 8. The second-order valence-electron chi connectivity index (χ2n) is 10.9. The Bertz CT molecular complexity index is 1290. The number of benzene rings is 1. The summed E-state index contributed by atoms with van der Waals surface area (Å²) in [7, 11) is 0. The number of aromatic nitrogens is 3. The molecular weight excluding hydrogens is 514 g/mol. The molecule has 0 saturated carbocycles. The molecule has 1 aromatic carbocycles. The Hall–Kier alpha value is -3.57. The topological polar surface area (TPSA) is 127 Å². The van der Waals surface area contributed by atoms with Crippen molar-refractivity contribution >= 4 is 28.8 Å². The van der Waals surface area contributed by atoms with Crippen molar-refractivity contribution < 1.29 is 29.0 Å². The highest BCUT2D eigenvalue weighted by atomic mass is 16.6. The van der Waals surface area contributed by atoms with Crippen LogP contribution in [0.25, 0.3) is 11.0 Å². The van der Waals surface area contributed by atoms with Crippen LogP contribution in [0.4, 0.5) is 0 Å². The zero-order valence-corrected chi connectivity index (χ0v) is 22.9. The molecule has 2 amide bonds. The number of hydrogen-bond donors (Lipinski definition) is 1. The lowest BCUT2D eigenvalue weighted by atomic mass is 9.70. The molecule has 214 valence electrons. The Labute approximate surface area is 233 Å². The molecule has 5 rings (SSSR count). The van der Waals surface area contributed by atoms with Crippen molar-refractivity contribution in [3.63, 3.8) is 0 Å². The zero-order chi connectivity index (χ0) is 28.4. The maximum atomic E-state index is 14.4. The van der Waals surface area contributed by atoms with Crippen LogP contribution in [0.2, 0.25) is 0 Å². The third-order valence-electron chi connectivity index (χ3n) is 8.42. The van der Waals surface area contributed by atoms with Crippen molar-refractivity contribution in [3.05, 3.63) is 49.6 Å². The van der Waals surface area contributed by atoms with Crippen LogP contribution in [-0.4, -0.2) is 91.2 Å². The Morgan fingerprint density at radius 3 is 2.85 bits per heavy atom. The lowest BCUT2D eigenvalue weighted by Crippen LogP contribution is -2.58.